The summed E-state index contributed by atoms with van der Waals surface area (Å²) in [5.41, 5.74) is 0. The molecule has 0 aliphatic carbocycles. The predicted molar refractivity (Wildman–Crippen MR) is 358 cm³/mol. The number of ether oxygens (including phenoxy) is 4. The van der Waals surface area contributed by atoms with Crippen molar-refractivity contribution in [1.82, 2.24) is 0 Å². The lowest BCUT2D eigenvalue weighted by molar-refractivity contribution is -0.161. The van der Waals surface area contributed by atoms with Gasteiger partial charge in [0, 0.05) is 25.7 Å². The Bertz CT molecular complexity index is 1810. The van der Waals surface area contributed by atoms with E-state index in [-0.39, 0.29) is 25.7 Å². The van der Waals surface area contributed by atoms with E-state index in [1.807, 2.05) is 0 Å². The van der Waals surface area contributed by atoms with Gasteiger partial charge >= 0.3 is 39.5 Å². The Morgan fingerprint density at radius 2 is 0.629 bits per heavy atom. The van der Waals surface area contributed by atoms with Crippen molar-refractivity contribution in [3.63, 3.8) is 0 Å². The van der Waals surface area contributed by atoms with Gasteiger partial charge < -0.3 is 33.8 Å². The van der Waals surface area contributed by atoms with E-state index >= 15 is 0 Å². The lowest BCUT2D eigenvalue weighted by atomic mass is 9.99. The molecule has 0 bridgehead atoms. The minimum atomic E-state index is -4.96. The first-order valence-corrected chi connectivity index (χ1v) is 39.0. The molecule has 17 nitrogen and oxygen atoms in total. The van der Waals surface area contributed by atoms with E-state index in [1.165, 1.54) is 148 Å². The van der Waals surface area contributed by atoms with Gasteiger partial charge in [-0.3, -0.25) is 37.3 Å². The van der Waals surface area contributed by atoms with Crippen LogP contribution in [0.25, 0.3) is 0 Å². The number of carbonyl (C=O) groups is 4. The topological polar surface area (TPSA) is 237 Å². The van der Waals surface area contributed by atoms with E-state index in [2.05, 4.69) is 58.9 Å². The molecule has 3 N–H and O–H groups in total. The molecule has 0 spiro atoms. The van der Waals surface area contributed by atoms with Crippen molar-refractivity contribution in [2.45, 2.75) is 355 Å². The van der Waals surface area contributed by atoms with Crippen LogP contribution in [0.5, 0.6) is 0 Å². The number of hydrogen-bond donors (Lipinski definition) is 3. The molecular formula is C70H132O17P2. The van der Waals surface area contributed by atoms with Crippen molar-refractivity contribution in [2.24, 2.45) is 5.92 Å². The van der Waals surface area contributed by atoms with Crippen LogP contribution in [0, 0.1) is 5.92 Å². The monoisotopic (exact) mass is 1310 g/mol. The molecule has 0 aliphatic heterocycles. The normalized spacial score (nSPS) is 14.6. The number of esters is 4. The van der Waals surface area contributed by atoms with Crippen LogP contribution in [-0.2, 0) is 65.4 Å². The summed E-state index contributed by atoms with van der Waals surface area (Å²) in [5, 5.41) is 10.6. The van der Waals surface area contributed by atoms with Crippen LogP contribution >= 0.6 is 15.6 Å². The van der Waals surface area contributed by atoms with E-state index in [4.69, 9.17) is 37.0 Å². The number of aliphatic hydroxyl groups excluding tert-OH is 1. The Hall–Kier alpha value is -2.46. The Kier molecular flexibility index (Phi) is 61.2. The highest BCUT2D eigenvalue weighted by atomic mass is 31.2. The molecule has 0 heterocycles. The molecule has 0 aromatic heterocycles. The van der Waals surface area contributed by atoms with Crippen LogP contribution in [0.2, 0.25) is 0 Å². The molecule has 0 aromatic rings. The summed E-state index contributed by atoms with van der Waals surface area (Å²) in [6.45, 7) is 7.17. The third-order valence-corrected chi connectivity index (χ3v) is 17.9. The molecule has 0 aromatic carbocycles. The largest absolute Gasteiger partial charge is 0.472 e. The van der Waals surface area contributed by atoms with E-state index in [0.717, 1.165) is 109 Å². The van der Waals surface area contributed by atoms with Crippen LogP contribution < -0.4 is 0 Å². The lowest BCUT2D eigenvalue weighted by Gasteiger charge is -2.21. The first-order valence-electron chi connectivity index (χ1n) is 36.0. The Morgan fingerprint density at radius 1 is 0.360 bits per heavy atom. The van der Waals surface area contributed by atoms with Gasteiger partial charge in [0.2, 0.25) is 0 Å². The molecular weight excluding hydrogens is 1170 g/mol. The van der Waals surface area contributed by atoms with E-state index in [9.17, 15) is 43.2 Å². The van der Waals surface area contributed by atoms with Gasteiger partial charge in [0.1, 0.15) is 19.3 Å². The zero-order valence-corrected chi connectivity index (χ0v) is 58.8. The second-order valence-electron chi connectivity index (χ2n) is 24.8. The predicted octanol–water partition coefficient (Wildman–Crippen LogP) is 19.7. The fourth-order valence-corrected chi connectivity index (χ4v) is 11.6. The van der Waals surface area contributed by atoms with Gasteiger partial charge in [-0.15, -0.1) is 0 Å². The van der Waals surface area contributed by atoms with Crippen LogP contribution in [-0.4, -0.2) is 96.7 Å². The molecule has 3 unspecified atom stereocenters. The highest BCUT2D eigenvalue weighted by molar-refractivity contribution is 7.47. The number of hydrogen-bond acceptors (Lipinski definition) is 15. The summed E-state index contributed by atoms with van der Waals surface area (Å²) in [6.07, 6.45) is 51.9. The lowest BCUT2D eigenvalue weighted by Crippen LogP contribution is -2.30. The maximum atomic E-state index is 13.0. The number of rotatable bonds is 68. The van der Waals surface area contributed by atoms with Gasteiger partial charge in [-0.05, 0) is 57.3 Å². The average molecular weight is 1310 g/mol. The maximum absolute atomic E-state index is 13.0. The fourth-order valence-electron chi connectivity index (χ4n) is 10.1. The summed E-state index contributed by atoms with van der Waals surface area (Å²) >= 11 is 0. The van der Waals surface area contributed by atoms with Crippen LogP contribution in [0.3, 0.4) is 0 Å². The quantitative estimate of drug-likeness (QED) is 0.0169. The van der Waals surface area contributed by atoms with Gasteiger partial charge in [-0.2, -0.15) is 0 Å². The number of allylic oxidation sites excluding steroid dienone is 4. The van der Waals surface area contributed by atoms with E-state index < -0.39 is 97.5 Å². The third kappa shape index (κ3) is 62.7. The molecule has 0 radical (unpaired) electrons. The first-order chi connectivity index (χ1) is 43.1. The highest BCUT2D eigenvalue weighted by Gasteiger charge is 2.30. The zero-order chi connectivity index (χ0) is 65.6. The van der Waals surface area contributed by atoms with Gasteiger partial charge in [0.25, 0.3) is 0 Å². The molecule has 0 rings (SSSR count). The minimum Gasteiger partial charge on any atom is -0.462 e. The molecule has 89 heavy (non-hydrogen) atoms. The summed E-state index contributed by atoms with van der Waals surface area (Å²) in [5.74, 6) is -1.38. The first kappa shape index (κ1) is 86.5. The smallest absolute Gasteiger partial charge is 0.462 e. The van der Waals surface area contributed by atoms with Crippen molar-refractivity contribution in [3.05, 3.63) is 24.3 Å². The van der Waals surface area contributed by atoms with E-state index in [0.29, 0.717) is 25.7 Å². The molecule has 0 fully saturated rings. The average Bonchev–Trinajstić information content (AvgIpc) is 3.60. The molecule has 0 aliphatic rings. The van der Waals surface area contributed by atoms with Crippen LogP contribution in [0.15, 0.2) is 24.3 Å². The number of phosphoric acid groups is 2. The van der Waals surface area contributed by atoms with Crippen molar-refractivity contribution in [3.8, 4) is 0 Å². The van der Waals surface area contributed by atoms with Gasteiger partial charge in [0.05, 0.1) is 26.4 Å². The minimum absolute atomic E-state index is 0.0847. The summed E-state index contributed by atoms with van der Waals surface area (Å²) in [6, 6.07) is 0. The van der Waals surface area contributed by atoms with Crippen LogP contribution in [0.4, 0.5) is 0 Å². The van der Waals surface area contributed by atoms with Gasteiger partial charge in [-0.1, -0.05) is 284 Å². The molecule has 524 valence electrons. The van der Waals surface area contributed by atoms with Crippen molar-refractivity contribution in [2.75, 3.05) is 39.6 Å². The van der Waals surface area contributed by atoms with Crippen molar-refractivity contribution < 1.29 is 80.2 Å². The third-order valence-electron chi connectivity index (χ3n) is 16.0. The number of unbranched alkanes of at least 4 members (excludes halogenated alkanes) is 36. The second kappa shape index (κ2) is 63.0. The number of carbonyl (C=O) groups excluding carboxylic acids is 4. The Morgan fingerprint density at radius 3 is 0.955 bits per heavy atom. The fraction of sp³-hybridized carbons (Fsp3) is 0.886. The highest BCUT2D eigenvalue weighted by Crippen LogP contribution is 2.45. The molecule has 6 atom stereocenters. The Labute approximate surface area is 542 Å². The Balaban J connectivity index is 5.29. The summed E-state index contributed by atoms with van der Waals surface area (Å²) in [7, 11) is -9.91. The number of phosphoric ester groups is 2. The van der Waals surface area contributed by atoms with Crippen molar-refractivity contribution in [1.29, 1.82) is 0 Å². The second-order valence-corrected chi connectivity index (χ2v) is 27.7. The molecule has 0 amide bonds. The van der Waals surface area contributed by atoms with Gasteiger partial charge in [-0.25, -0.2) is 9.13 Å². The molecule has 0 saturated carbocycles. The van der Waals surface area contributed by atoms with Crippen molar-refractivity contribution >= 4 is 39.5 Å². The summed E-state index contributed by atoms with van der Waals surface area (Å²) in [4.78, 5) is 72.5. The summed E-state index contributed by atoms with van der Waals surface area (Å²) < 4.78 is 68.2. The standard InChI is InChI=1S/C70H132O17P2/c1-6-10-13-16-19-22-25-26-27-28-31-34-41-46-51-56-70(75)87-66(60-81-68(73)54-49-44-39-36-35-37-42-47-52-63(5)9-4)62-85-89(78,79)83-58-64(71)57-82-88(76,77)84-61-65(86-69(74)55-50-45-40-33-30-24-21-18-15-12-8-3)59-80-67(72)53-48-43-38-32-29-23-20-17-14-11-7-2/h22,25-27,63-66,71H,6-21,23-24,28-62H2,1-5H3,(H,76,77)(H,78,79)/b25-22-,27-26-/t63?,64-,65+,66+/m0/s1. The maximum Gasteiger partial charge on any atom is 0.472 e. The molecule has 19 heteroatoms. The van der Waals surface area contributed by atoms with Gasteiger partial charge in [0.15, 0.2) is 12.2 Å². The van der Waals surface area contributed by atoms with Crippen LogP contribution in [0.1, 0.15) is 336 Å². The SMILES string of the molecule is CCCCCC/C=C\C=C/CCCCCCCC(=O)O[C@H](COC(=O)CCCCCCCCCCC(C)CC)COP(=O)(O)OC[C@@H](O)COP(=O)(O)OC[C@@H](COC(=O)CCCCCCCCCCCCC)OC(=O)CCCCCCCCCCCCC. The zero-order valence-electron chi connectivity index (χ0n) is 57.0. The van der Waals surface area contributed by atoms with E-state index in [1.54, 1.807) is 0 Å². The molecule has 0 saturated heterocycles. The number of aliphatic hydroxyl groups is 1.